The molecule has 6 heteroatoms. The van der Waals surface area contributed by atoms with Crippen LogP contribution in [0.4, 0.5) is 5.69 Å². The maximum atomic E-state index is 12.1. The maximum Gasteiger partial charge on any atom is 0.349 e. The van der Waals surface area contributed by atoms with Crippen molar-refractivity contribution in [2.45, 2.75) is 33.3 Å². The van der Waals surface area contributed by atoms with E-state index >= 15 is 0 Å². The number of carbonyl (C=O) groups excluding carboxylic acids is 2. The number of amides is 1. The minimum Gasteiger partial charge on any atom is -0.448 e. The molecule has 0 aliphatic carbocycles. The van der Waals surface area contributed by atoms with E-state index in [9.17, 15) is 9.59 Å². The zero-order chi connectivity index (χ0) is 17.0. The summed E-state index contributed by atoms with van der Waals surface area (Å²) in [4.78, 5) is 25.9. The van der Waals surface area contributed by atoms with E-state index < -0.39 is 18.0 Å². The van der Waals surface area contributed by atoms with Crippen LogP contribution in [0.2, 0.25) is 5.02 Å². The fraction of sp³-hybridized carbons (Fsp3) is 0.294. The van der Waals surface area contributed by atoms with Crippen molar-refractivity contribution in [1.29, 1.82) is 0 Å². The lowest BCUT2D eigenvalue weighted by atomic mass is 10.2. The predicted octanol–water partition coefficient (Wildman–Crippen LogP) is 4.46. The van der Waals surface area contributed by atoms with Crippen LogP contribution in [0.1, 0.15) is 34.0 Å². The number of para-hydroxylation sites is 1. The van der Waals surface area contributed by atoms with Gasteiger partial charge >= 0.3 is 5.97 Å². The van der Waals surface area contributed by atoms with Crippen LogP contribution in [0.3, 0.4) is 0 Å². The van der Waals surface area contributed by atoms with E-state index in [1.54, 1.807) is 24.3 Å². The Bertz CT molecular complexity index is 726. The SMILES string of the molecule is CCc1cc(C(=O)O[C@H](C)C(=O)Nc2ccccc2Cl)sc1C. The normalized spacial score (nSPS) is 11.8. The molecule has 0 aliphatic rings. The number of benzene rings is 1. The number of esters is 1. The van der Waals surface area contributed by atoms with E-state index in [4.69, 9.17) is 16.3 Å². The number of hydrogen-bond donors (Lipinski definition) is 1. The third-order valence-electron chi connectivity index (χ3n) is 3.39. The highest BCUT2D eigenvalue weighted by Crippen LogP contribution is 2.24. The number of anilines is 1. The van der Waals surface area contributed by atoms with Gasteiger partial charge in [-0.15, -0.1) is 11.3 Å². The van der Waals surface area contributed by atoms with Crippen LogP contribution >= 0.6 is 22.9 Å². The molecule has 23 heavy (non-hydrogen) atoms. The second-order valence-electron chi connectivity index (χ2n) is 5.06. The highest BCUT2D eigenvalue weighted by atomic mass is 35.5. The largest absolute Gasteiger partial charge is 0.448 e. The number of halogens is 1. The highest BCUT2D eigenvalue weighted by Gasteiger charge is 2.21. The molecule has 0 saturated carbocycles. The Morgan fingerprint density at radius 2 is 2.04 bits per heavy atom. The van der Waals surface area contributed by atoms with Gasteiger partial charge in [-0.05, 0) is 44.0 Å². The highest BCUT2D eigenvalue weighted by molar-refractivity contribution is 7.14. The van der Waals surface area contributed by atoms with Crippen LogP contribution < -0.4 is 5.32 Å². The lowest BCUT2D eigenvalue weighted by molar-refractivity contribution is -0.123. The molecule has 0 bridgehead atoms. The van der Waals surface area contributed by atoms with Gasteiger partial charge < -0.3 is 10.1 Å². The summed E-state index contributed by atoms with van der Waals surface area (Å²) in [6.07, 6.45) is -0.0516. The Labute approximate surface area is 144 Å². The molecule has 1 amide bonds. The Hall–Kier alpha value is -1.85. The fourth-order valence-electron chi connectivity index (χ4n) is 2.04. The van der Waals surface area contributed by atoms with Crippen molar-refractivity contribution in [2.75, 3.05) is 5.32 Å². The summed E-state index contributed by atoms with van der Waals surface area (Å²) in [5.41, 5.74) is 1.61. The minimum absolute atomic E-state index is 0.421. The summed E-state index contributed by atoms with van der Waals surface area (Å²) in [6, 6.07) is 8.71. The topological polar surface area (TPSA) is 55.4 Å². The van der Waals surface area contributed by atoms with Crippen LogP contribution in [0, 0.1) is 6.92 Å². The van der Waals surface area contributed by atoms with Gasteiger partial charge in [-0.1, -0.05) is 30.7 Å². The first-order chi connectivity index (χ1) is 10.9. The summed E-state index contributed by atoms with van der Waals surface area (Å²) in [5, 5.41) is 3.08. The van der Waals surface area contributed by atoms with E-state index in [0.29, 0.717) is 15.6 Å². The lowest BCUT2D eigenvalue weighted by Gasteiger charge is -2.13. The number of rotatable bonds is 5. The number of carbonyl (C=O) groups is 2. The molecular formula is C17H18ClNO3S. The molecule has 2 aromatic rings. The Morgan fingerprint density at radius 1 is 1.35 bits per heavy atom. The Morgan fingerprint density at radius 3 is 2.65 bits per heavy atom. The van der Waals surface area contributed by atoms with Crippen molar-refractivity contribution < 1.29 is 14.3 Å². The molecule has 1 aromatic carbocycles. The first-order valence-electron chi connectivity index (χ1n) is 7.28. The predicted molar refractivity (Wildman–Crippen MR) is 93.4 cm³/mol. The second kappa shape index (κ2) is 7.62. The standard InChI is InChI=1S/C17H18ClNO3S/c1-4-12-9-15(23-11(12)3)17(21)22-10(2)16(20)19-14-8-6-5-7-13(14)18/h5-10H,4H2,1-3H3,(H,19,20)/t10-/m1/s1. The van der Waals surface area contributed by atoms with Crippen molar-refractivity contribution in [1.82, 2.24) is 0 Å². The van der Waals surface area contributed by atoms with Gasteiger partial charge in [-0.2, -0.15) is 0 Å². The van der Waals surface area contributed by atoms with Crippen molar-refractivity contribution >= 4 is 40.5 Å². The molecule has 4 nitrogen and oxygen atoms in total. The molecule has 1 heterocycles. The minimum atomic E-state index is -0.911. The van der Waals surface area contributed by atoms with Gasteiger partial charge in [0.05, 0.1) is 10.7 Å². The van der Waals surface area contributed by atoms with Gasteiger partial charge in [0.15, 0.2) is 6.10 Å². The van der Waals surface area contributed by atoms with Crippen molar-refractivity contribution in [3.63, 3.8) is 0 Å². The Kier molecular flexibility index (Phi) is 5.80. The first-order valence-corrected chi connectivity index (χ1v) is 8.47. The summed E-state index contributed by atoms with van der Waals surface area (Å²) in [7, 11) is 0. The second-order valence-corrected chi connectivity index (χ2v) is 6.73. The molecule has 0 saturated heterocycles. The summed E-state index contributed by atoms with van der Waals surface area (Å²) in [5.74, 6) is -0.907. The summed E-state index contributed by atoms with van der Waals surface area (Å²) >= 11 is 7.37. The van der Waals surface area contributed by atoms with E-state index in [1.165, 1.54) is 18.3 Å². The van der Waals surface area contributed by atoms with Gasteiger partial charge in [0.1, 0.15) is 4.88 Å². The van der Waals surface area contributed by atoms with Gasteiger partial charge in [0.2, 0.25) is 0 Å². The lowest BCUT2D eigenvalue weighted by Crippen LogP contribution is -2.29. The quantitative estimate of drug-likeness (QED) is 0.809. The molecule has 122 valence electrons. The molecule has 0 spiro atoms. The van der Waals surface area contributed by atoms with Gasteiger partial charge in [-0.3, -0.25) is 4.79 Å². The molecule has 0 unspecified atom stereocenters. The number of nitrogens with one attached hydrogen (secondary N) is 1. The summed E-state index contributed by atoms with van der Waals surface area (Å²) < 4.78 is 5.24. The third kappa shape index (κ3) is 4.33. The summed E-state index contributed by atoms with van der Waals surface area (Å²) in [6.45, 7) is 5.53. The van der Waals surface area contributed by atoms with E-state index in [-0.39, 0.29) is 0 Å². The monoisotopic (exact) mass is 351 g/mol. The Balaban J connectivity index is 2.00. The van der Waals surface area contributed by atoms with E-state index in [1.807, 2.05) is 19.9 Å². The molecule has 1 N–H and O–H groups in total. The smallest absolute Gasteiger partial charge is 0.349 e. The third-order valence-corrected chi connectivity index (χ3v) is 4.79. The van der Waals surface area contributed by atoms with Crippen LogP contribution in [0.15, 0.2) is 30.3 Å². The maximum absolute atomic E-state index is 12.1. The van der Waals surface area contributed by atoms with Crippen molar-refractivity contribution in [3.05, 3.63) is 50.7 Å². The van der Waals surface area contributed by atoms with Crippen molar-refractivity contribution in [3.8, 4) is 0 Å². The molecule has 1 aromatic heterocycles. The number of aryl methyl sites for hydroxylation is 2. The van der Waals surface area contributed by atoms with Crippen molar-refractivity contribution in [2.24, 2.45) is 0 Å². The van der Waals surface area contributed by atoms with E-state index in [0.717, 1.165) is 16.9 Å². The zero-order valence-corrected chi connectivity index (χ0v) is 14.8. The molecular weight excluding hydrogens is 334 g/mol. The van der Waals surface area contributed by atoms with Gasteiger partial charge in [-0.25, -0.2) is 4.79 Å². The van der Waals surface area contributed by atoms with E-state index in [2.05, 4.69) is 5.32 Å². The first kappa shape index (κ1) is 17.5. The molecule has 0 aliphatic heterocycles. The van der Waals surface area contributed by atoms with Crippen LogP contribution in [-0.2, 0) is 16.0 Å². The molecule has 2 rings (SSSR count). The molecule has 0 fully saturated rings. The number of hydrogen-bond acceptors (Lipinski definition) is 4. The van der Waals surface area contributed by atoms with Gasteiger partial charge in [0, 0.05) is 4.88 Å². The van der Waals surface area contributed by atoms with Crippen LogP contribution in [0.5, 0.6) is 0 Å². The average molecular weight is 352 g/mol. The van der Waals surface area contributed by atoms with Gasteiger partial charge in [0.25, 0.3) is 5.91 Å². The number of ether oxygens (including phenoxy) is 1. The number of thiophene rings is 1. The molecule has 0 radical (unpaired) electrons. The zero-order valence-electron chi connectivity index (χ0n) is 13.2. The average Bonchev–Trinajstić information content (AvgIpc) is 2.90. The molecule has 1 atom stereocenters. The fourth-order valence-corrected chi connectivity index (χ4v) is 3.22. The van der Waals surface area contributed by atoms with Crippen LogP contribution in [-0.4, -0.2) is 18.0 Å². The van der Waals surface area contributed by atoms with Crippen LogP contribution in [0.25, 0.3) is 0 Å².